The van der Waals surface area contributed by atoms with Crippen LogP contribution in [0.1, 0.15) is 18.4 Å². The zero-order chi connectivity index (χ0) is 20.5. The lowest BCUT2D eigenvalue weighted by Crippen LogP contribution is -2.33. The van der Waals surface area contributed by atoms with Gasteiger partial charge in [0.25, 0.3) is 0 Å². The highest BCUT2D eigenvalue weighted by Gasteiger charge is 2.14. The predicted octanol–water partition coefficient (Wildman–Crippen LogP) is 2.36. The second kappa shape index (κ2) is 10.8. The Hall–Kier alpha value is -2.61. The van der Waals surface area contributed by atoms with Gasteiger partial charge in [-0.1, -0.05) is 29.8 Å². The van der Waals surface area contributed by atoms with Crippen molar-refractivity contribution in [3.05, 3.63) is 59.1 Å². The van der Waals surface area contributed by atoms with Gasteiger partial charge < -0.3 is 19.9 Å². The van der Waals surface area contributed by atoms with E-state index < -0.39 is 6.10 Å². The lowest BCUT2D eigenvalue weighted by Gasteiger charge is -2.15. The number of nitrogens with one attached hydrogen (secondary N) is 2. The molecule has 29 heavy (non-hydrogen) atoms. The molecule has 0 bridgehead atoms. The van der Waals surface area contributed by atoms with Gasteiger partial charge in [-0.05, 0) is 35.9 Å². The molecule has 0 radical (unpaired) electrons. The standard InChI is InChI=1S/C21H24ClN3O4/c22-18-12-15(19-7-9-21(27)25-24-19)6-8-20(18)28-11-10-23-13-16(26)14-29-17-4-2-1-3-5-17/h1-6,8,12,16,23,26H,7,9-11,13-14H2,(H,25,27)/t16-/m0/s1. The summed E-state index contributed by atoms with van der Waals surface area (Å²) >= 11 is 6.30. The first kappa shape index (κ1) is 21.1. The number of carbonyl (C=O) groups is 1. The van der Waals surface area contributed by atoms with Crippen molar-refractivity contribution in [3.8, 4) is 11.5 Å². The molecule has 0 aromatic heterocycles. The third-order valence-electron chi connectivity index (χ3n) is 4.27. The van der Waals surface area contributed by atoms with E-state index in [0.717, 1.165) is 17.0 Å². The summed E-state index contributed by atoms with van der Waals surface area (Å²) in [7, 11) is 0. The smallest absolute Gasteiger partial charge is 0.240 e. The minimum Gasteiger partial charge on any atom is -0.491 e. The summed E-state index contributed by atoms with van der Waals surface area (Å²) in [6.07, 6.45) is 0.389. The van der Waals surface area contributed by atoms with Crippen LogP contribution in [0.4, 0.5) is 0 Å². The summed E-state index contributed by atoms with van der Waals surface area (Å²) in [6, 6.07) is 14.8. The summed E-state index contributed by atoms with van der Waals surface area (Å²) in [6.45, 7) is 1.57. The number of benzene rings is 2. The molecule has 3 rings (SSSR count). The van der Waals surface area contributed by atoms with Crippen LogP contribution in [0.3, 0.4) is 0 Å². The largest absolute Gasteiger partial charge is 0.491 e. The third kappa shape index (κ3) is 6.74. The first-order valence-electron chi connectivity index (χ1n) is 9.46. The Kier molecular flexibility index (Phi) is 7.86. The molecule has 8 heteroatoms. The molecule has 7 nitrogen and oxygen atoms in total. The summed E-state index contributed by atoms with van der Waals surface area (Å²) in [5, 5.41) is 17.6. The lowest BCUT2D eigenvalue weighted by atomic mass is 10.0. The van der Waals surface area contributed by atoms with Crippen molar-refractivity contribution in [2.75, 3.05) is 26.3 Å². The maximum absolute atomic E-state index is 11.2. The SMILES string of the molecule is O=C1CCC(c2ccc(OCCNC[C@H](O)COc3ccccc3)c(Cl)c2)=NN1. The fourth-order valence-electron chi connectivity index (χ4n) is 2.75. The van der Waals surface area contributed by atoms with Gasteiger partial charge in [0.05, 0.1) is 10.7 Å². The number of rotatable bonds is 10. The Morgan fingerprint density at radius 1 is 1.17 bits per heavy atom. The van der Waals surface area contributed by atoms with E-state index in [4.69, 9.17) is 21.1 Å². The molecular formula is C21H24ClN3O4. The summed E-state index contributed by atoms with van der Waals surface area (Å²) in [5.74, 6) is 1.23. The number of aliphatic hydroxyl groups is 1. The average Bonchev–Trinajstić information content (AvgIpc) is 2.74. The molecule has 0 saturated heterocycles. The van der Waals surface area contributed by atoms with Crippen LogP contribution in [0.5, 0.6) is 11.5 Å². The van der Waals surface area contributed by atoms with Gasteiger partial charge in [0.2, 0.25) is 5.91 Å². The van der Waals surface area contributed by atoms with Gasteiger partial charge in [-0.3, -0.25) is 4.79 Å². The van der Waals surface area contributed by atoms with Crippen LogP contribution in [0.15, 0.2) is 53.6 Å². The third-order valence-corrected chi connectivity index (χ3v) is 4.57. The van der Waals surface area contributed by atoms with Crippen LogP contribution < -0.4 is 20.2 Å². The maximum Gasteiger partial charge on any atom is 0.240 e. The van der Waals surface area contributed by atoms with Crippen molar-refractivity contribution in [2.45, 2.75) is 18.9 Å². The molecule has 2 aromatic carbocycles. The van der Waals surface area contributed by atoms with Crippen LogP contribution in [0.2, 0.25) is 5.02 Å². The zero-order valence-corrected chi connectivity index (χ0v) is 16.7. The fraction of sp³-hybridized carbons (Fsp3) is 0.333. The molecular weight excluding hydrogens is 394 g/mol. The Morgan fingerprint density at radius 2 is 2.00 bits per heavy atom. The first-order chi connectivity index (χ1) is 14.1. The number of nitrogens with zero attached hydrogens (tertiary/aromatic N) is 1. The van der Waals surface area contributed by atoms with Crippen LogP contribution in [0.25, 0.3) is 0 Å². The number of amides is 1. The number of hydrazone groups is 1. The Labute approximate surface area is 174 Å². The van der Waals surface area contributed by atoms with Gasteiger partial charge in [-0.2, -0.15) is 5.10 Å². The normalized spacial score (nSPS) is 14.7. The monoisotopic (exact) mass is 417 g/mol. The maximum atomic E-state index is 11.2. The highest BCUT2D eigenvalue weighted by Crippen LogP contribution is 2.26. The van der Waals surface area contributed by atoms with Crippen LogP contribution >= 0.6 is 11.6 Å². The quantitative estimate of drug-likeness (QED) is 0.516. The average molecular weight is 418 g/mol. The predicted molar refractivity (Wildman–Crippen MR) is 112 cm³/mol. The molecule has 0 spiro atoms. The molecule has 1 heterocycles. The molecule has 1 amide bonds. The van der Waals surface area contributed by atoms with E-state index in [0.29, 0.717) is 43.3 Å². The Balaban J connectivity index is 1.35. The molecule has 0 saturated carbocycles. The van der Waals surface area contributed by atoms with E-state index in [1.807, 2.05) is 36.4 Å². The van der Waals surface area contributed by atoms with E-state index in [-0.39, 0.29) is 12.5 Å². The molecule has 0 fully saturated rings. The molecule has 1 atom stereocenters. The summed E-state index contributed by atoms with van der Waals surface area (Å²) in [4.78, 5) is 11.2. The minimum absolute atomic E-state index is 0.0796. The van der Waals surface area contributed by atoms with Gasteiger partial charge in [0, 0.05) is 25.9 Å². The molecule has 154 valence electrons. The molecule has 1 aliphatic heterocycles. The second-order valence-electron chi connectivity index (χ2n) is 6.57. The highest BCUT2D eigenvalue weighted by atomic mass is 35.5. The number of hydrogen-bond donors (Lipinski definition) is 3. The van der Waals surface area contributed by atoms with E-state index in [2.05, 4.69) is 15.8 Å². The van der Waals surface area contributed by atoms with E-state index in [1.165, 1.54) is 0 Å². The van der Waals surface area contributed by atoms with E-state index in [1.54, 1.807) is 12.1 Å². The molecule has 0 aliphatic carbocycles. The van der Waals surface area contributed by atoms with Crippen LogP contribution in [-0.4, -0.2) is 49.1 Å². The summed E-state index contributed by atoms with van der Waals surface area (Å²) < 4.78 is 11.2. The summed E-state index contributed by atoms with van der Waals surface area (Å²) in [5.41, 5.74) is 4.14. The van der Waals surface area contributed by atoms with Gasteiger partial charge in [-0.25, -0.2) is 5.43 Å². The van der Waals surface area contributed by atoms with Crippen molar-refractivity contribution in [1.82, 2.24) is 10.7 Å². The van der Waals surface area contributed by atoms with E-state index in [9.17, 15) is 9.90 Å². The van der Waals surface area contributed by atoms with Crippen molar-refractivity contribution < 1.29 is 19.4 Å². The van der Waals surface area contributed by atoms with E-state index >= 15 is 0 Å². The number of carbonyl (C=O) groups excluding carboxylic acids is 1. The topological polar surface area (TPSA) is 92.2 Å². The van der Waals surface area contributed by atoms with Gasteiger partial charge >= 0.3 is 0 Å². The van der Waals surface area contributed by atoms with Crippen LogP contribution in [0, 0.1) is 0 Å². The minimum atomic E-state index is -0.616. The molecule has 0 unspecified atom stereocenters. The van der Waals surface area contributed by atoms with Crippen molar-refractivity contribution in [2.24, 2.45) is 5.10 Å². The Bertz CT molecular complexity index is 845. The van der Waals surface area contributed by atoms with Gasteiger partial charge in [0.15, 0.2) is 0 Å². The lowest BCUT2D eigenvalue weighted by molar-refractivity contribution is -0.121. The molecule has 2 aromatic rings. The number of aliphatic hydroxyl groups excluding tert-OH is 1. The number of hydrogen-bond acceptors (Lipinski definition) is 6. The molecule has 1 aliphatic rings. The van der Waals surface area contributed by atoms with Gasteiger partial charge in [0.1, 0.15) is 30.8 Å². The second-order valence-corrected chi connectivity index (χ2v) is 6.98. The zero-order valence-electron chi connectivity index (χ0n) is 15.9. The van der Waals surface area contributed by atoms with Crippen LogP contribution in [-0.2, 0) is 4.79 Å². The fourth-order valence-corrected chi connectivity index (χ4v) is 2.98. The van der Waals surface area contributed by atoms with Crippen molar-refractivity contribution >= 4 is 23.2 Å². The molecule has 3 N–H and O–H groups in total. The first-order valence-corrected chi connectivity index (χ1v) is 9.84. The number of ether oxygens (including phenoxy) is 2. The highest BCUT2D eigenvalue weighted by molar-refractivity contribution is 6.32. The van der Waals surface area contributed by atoms with Gasteiger partial charge in [-0.15, -0.1) is 0 Å². The Morgan fingerprint density at radius 3 is 2.72 bits per heavy atom. The number of halogens is 1. The number of para-hydroxylation sites is 1. The van der Waals surface area contributed by atoms with Crippen molar-refractivity contribution in [3.63, 3.8) is 0 Å². The van der Waals surface area contributed by atoms with Crippen molar-refractivity contribution in [1.29, 1.82) is 0 Å².